The summed E-state index contributed by atoms with van der Waals surface area (Å²) in [5.74, 6) is 0.639. The summed E-state index contributed by atoms with van der Waals surface area (Å²) in [5, 5.41) is 3.64. The van der Waals surface area contributed by atoms with E-state index in [9.17, 15) is 0 Å². The van der Waals surface area contributed by atoms with Gasteiger partial charge in [0.2, 0.25) is 0 Å². The van der Waals surface area contributed by atoms with Crippen LogP contribution in [0.4, 0.5) is 5.69 Å². The Balaban J connectivity index is 2.04. The number of anilines is 1. The van der Waals surface area contributed by atoms with Crippen LogP contribution < -0.4 is 10.2 Å². The zero-order valence-electron chi connectivity index (χ0n) is 13.7. The van der Waals surface area contributed by atoms with Crippen LogP contribution in [-0.4, -0.2) is 24.7 Å². The number of aryl methyl sites for hydroxylation is 1. The number of para-hydroxylation sites is 1. The molecule has 1 aromatic rings. The number of nitrogens with zero attached hydrogens (tertiary/aromatic N) is 1. The molecule has 1 N–H and O–H groups in total. The van der Waals surface area contributed by atoms with Crippen molar-refractivity contribution in [2.45, 2.75) is 59.0 Å². The fourth-order valence-electron chi connectivity index (χ4n) is 2.93. The second kappa shape index (κ2) is 6.17. The third kappa shape index (κ3) is 3.76. The van der Waals surface area contributed by atoms with Gasteiger partial charge in [0.05, 0.1) is 0 Å². The largest absolute Gasteiger partial charge is 0.368 e. The first-order valence-corrected chi connectivity index (χ1v) is 7.98. The number of nitrogens with one attached hydrogen (secondary N) is 1. The number of hydrogen-bond acceptors (Lipinski definition) is 2. The number of benzene rings is 1. The maximum absolute atomic E-state index is 3.64. The van der Waals surface area contributed by atoms with Gasteiger partial charge in [-0.2, -0.15) is 0 Å². The molecule has 2 unspecified atom stereocenters. The molecule has 2 atom stereocenters. The molecule has 0 radical (unpaired) electrons. The van der Waals surface area contributed by atoms with Crippen molar-refractivity contribution in [2.24, 2.45) is 5.92 Å². The first-order valence-electron chi connectivity index (χ1n) is 7.98. The van der Waals surface area contributed by atoms with Gasteiger partial charge in [-0.3, -0.25) is 0 Å². The van der Waals surface area contributed by atoms with Gasteiger partial charge in [0, 0.05) is 30.4 Å². The van der Waals surface area contributed by atoms with E-state index in [0.29, 0.717) is 12.0 Å². The highest BCUT2D eigenvalue weighted by Crippen LogP contribution is 2.30. The summed E-state index contributed by atoms with van der Waals surface area (Å²) in [6.45, 7) is 13.7. The van der Waals surface area contributed by atoms with Gasteiger partial charge < -0.3 is 10.2 Å². The van der Waals surface area contributed by atoms with E-state index in [1.165, 1.54) is 30.6 Å². The van der Waals surface area contributed by atoms with Crippen LogP contribution in [0, 0.1) is 5.92 Å². The van der Waals surface area contributed by atoms with Gasteiger partial charge in [-0.15, -0.1) is 0 Å². The van der Waals surface area contributed by atoms with Crippen molar-refractivity contribution in [3.05, 3.63) is 29.8 Å². The van der Waals surface area contributed by atoms with Crippen LogP contribution in [0.25, 0.3) is 0 Å². The Morgan fingerprint density at radius 1 is 1.20 bits per heavy atom. The minimum Gasteiger partial charge on any atom is -0.368 e. The Kier molecular flexibility index (Phi) is 4.74. The van der Waals surface area contributed by atoms with E-state index in [2.05, 4.69) is 69.1 Å². The molecular formula is C18H30N2. The Morgan fingerprint density at radius 3 is 2.60 bits per heavy atom. The smallest absolute Gasteiger partial charge is 0.0401 e. The Bertz CT molecular complexity index is 433. The maximum atomic E-state index is 3.64. The lowest BCUT2D eigenvalue weighted by atomic mass is 9.95. The van der Waals surface area contributed by atoms with Gasteiger partial charge in [0.15, 0.2) is 0 Å². The van der Waals surface area contributed by atoms with Crippen LogP contribution in [0.2, 0.25) is 0 Å². The highest BCUT2D eigenvalue weighted by molar-refractivity contribution is 5.56. The summed E-state index contributed by atoms with van der Waals surface area (Å²) in [5.41, 5.74) is 3.17. The molecule has 0 fully saturated rings. The molecule has 0 saturated heterocycles. The molecule has 20 heavy (non-hydrogen) atoms. The van der Waals surface area contributed by atoms with Crippen molar-refractivity contribution >= 4 is 5.69 Å². The minimum atomic E-state index is 0.202. The second-order valence-electron chi connectivity index (χ2n) is 7.27. The zero-order valence-corrected chi connectivity index (χ0v) is 13.7. The quantitative estimate of drug-likeness (QED) is 0.897. The van der Waals surface area contributed by atoms with E-state index >= 15 is 0 Å². The van der Waals surface area contributed by atoms with E-state index in [4.69, 9.17) is 0 Å². The van der Waals surface area contributed by atoms with Gasteiger partial charge in [-0.05, 0) is 58.1 Å². The molecule has 1 aliphatic rings. The molecule has 0 aliphatic carbocycles. The van der Waals surface area contributed by atoms with Crippen molar-refractivity contribution in [3.63, 3.8) is 0 Å². The van der Waals surface area contributed by atoms with Crippen LogP contribution in [-0.2, 0) is 6.42 Å². The summed E-state index contributed by atoms with van der Waals surface area (Å²) < 4.78 is 0. The molecule has 1 aliphatic heterocycles. The van der Waals surface area contributed by atoms with E-state index in [1.807, 2.05) is 0 Å². The third-order valence-electron chi connectivity index (χ3n) is 4.42. The van der Waals surface area contributed by atoms with Crippen LogP contribution in [0.15, 0.2) is 24.3 Å². The van der Waals surface area contributed by atoms with Gasteiger partial charge in [-0.1, -0.05) is 25.1 Å². The summed E-state index contributed by atoms with van der Waals surface area (Å²) >= 11 is 0. The molecule has 0 amide bonds. The lowest BCUT2D eigenvalue weighted by Crippen LogP contribution is -2.46. The molecule has 1 heterocycles. The average molecular weight is 274 g/mol. The molecule has 0 saturated carbocycles. The molecule has 0 aromatic heterocycles. The standard InChI is InChI=1S/C18H30N2/c1-14(13-19-18(3,4)5)15(2)20-12-8-10-16-9-6-7-11-17(16)20/h6-7,9,11,14-15,19H,8,10,12-13H2,1-5H3. The zero-order chi connectivity index (χ0) is 14.8. The summed E-state index contributed by atoms with van der Waals surface area (Å²) in [6, 6.07) is 9.48. The van der Waals surface area contributed by atoms with Crippen LogP contribution >= 0.6 is 0 Å². The normalized spacial score (nSPS) is 18.6. The van der Waals surface area contributed by atoms with Gasteiger partial charge in [-0.25, -0.2) is 0 Å². The number of fused-ring (bicyclic) bond motifs is 1. The molecule has 2 nitrogen and oxygen atoms in total. The lowest BCUT2D eigenvalue weighted by molar-refractivity contribution is 0.348. The molecule has 2 rings (SSSR count). The Hall–Kier alpha value is -1.02. The van der Waals surface area contributed by atoms with E-state index < -0.39 is 0 Å². The molecule has 0 spiro atoms. The highest BCUT2D eigenvalue weighted by Gasteiger charge is 2.25. The molecule has 2 heteroatoms. The predicted molar refractivity (Wildman–Crippen MR) is 88.5 cm³/mol. The summed E-state index contributed by atoms with van der Waals surface area (Å²) in [4.78, 5) is 2.60. The maximum Gasteiger partial charge on any atom is 0.0401 e. The highest BCUT2D eigenvalue weighted by atomic mass is 15.2. The van der Waals surface area contributed by atoms with Crippen molar-refractivity contribution in [3.8, 4) is 0 Å². The second-order valence-corrected chi connectivity index (χ2v) is 7.27. The van der Waals surface area contributed by atoms with Crippen LogP contribution in [0.1, 0.15) is 46.6 Å². The van der Waals surface area contributed by atoms with Gasteiger partial charge in [0.1, 0.15) is 0 Å². The van der Waals surface area contributed by atoms with E-state index in [1.54, 1.807) is 0 Å². The average Bonchev–Trinajstić information content (AvgIpc) is 2.42. The molecule has 0 bridgehead atoms. The van der Waals surface area contributed by atoms with Gasteiger partial charge in [0.25, 0.3) is 0 Å². The SMILES string of the molecule is CC(CNC(C)(C)C)C(C)N1CCCc2ccccc21. The first kappa shape index (κ1) is 15.4. The van der Waals surface area contributed by atoms with Crippen molar-refractivity contribution < 1.29 is 0 Å². The summed E-state index contributed by atoms with van der Waals surface area (Å²) in [6.07, 6.45) is 2.51. The van der Waals surface area contributed by atoms with Crippen molar-refractivity contribution in [1.82, 2.24) is 5.32 Å². The molecular weight excluding hydrogens is 244 g/mol. The van der Waals surface area contributed by atoms with Crippen LogP contribution in [0.5, 0.6) is 0 Å². The van der Waals surface area contributed by atoms with Crippen molar-refractivity contribution in [1.29, 1.82) is 0 Å². The van der Waals surface area contributed by atoms with E-state index in [-0.39, 0.29) is 5.54 Å². The minimum absolute atomic E-state index is 0.202. The van der Waals surface area contributed by atoms with E-state index in [0.717, 1.165) is 6.54 Å². The Labute approximate surface area is 124 Å². The third-order valence-corrected chi connectivity index (χ3v) is 4.42. The predicted octanol–water partition coefficient (Wildman–Crippen LogP) is 3.85. The lowest BCUT2D eigenvalue weighted by Gasteiger charge is -2.40. The van der Waals surface area contributed by atoms with Crippen LogP contribution in [0.3, 0.4) is 0 Å². The fourth-order valence-corrected chi connectivity index (χ4v) is 2.93. The topological polar surface area (TPSA) is 15.3 Å². The Morgan fingerprint density at radius 2 is 1.90 bits per heavy atom. The number of hydrogen-bond donors (Lipinski definition) is 1. The summed E-state index contributed by atoms with van der Waals surface area (Å²) in [7, 11) is 0. The molecule has 112 valence electrons. The first-order chi connectivity index (χ1) is 9.38. The van der Waals surface area contributed by atoms with Gasteiger partial charge >= 0.3 is 0 Å². The monoisotopic (exact) mass is 274 g/mol. The van der Waals surface area contributed by atoms with Crippen molar-refractivity contribution in [2.75, 3.05) is 18.0 Å². The molecule has 1 aromatic carbocycles. The fraction of sp³-hybridized carbons (Fsp3) is 0.667. The number of rotatable bonds is 4.